The van der Waals surface area contributed by atoms with Crippen molar-refractivity contribution in [3.05, 3.63) is 0 Å². The Balaban J connectivity index is 0. The normalized spacial score (nSPS) is 6.43. The van der Waals surface area contributed by atoms with Crippen LogP contribution in [0.25, 0.3) is 0 Å². The number of rotatable bonds is 0. The van der Waals surface area contributed by atoms with Gasteiger partial charge >= 0.3 is 42.6 Å². The summed E-state index contributed by atoms with van der Waals surface area (Å²) in [7, 11) is 18.7. The Labute approximate surface area is 61.8 Å². The summed E-state index contributed by atoms with van der Waals surface area (Å²) in [6.07, 6.45) is 0. The van der Waals surface area contributed by atoms with Crippen LogP contribution >= 0.6 is 27.9 Å². The minimum atomic E-state index is -1.92. The molecule has 1 nitrogen and oxygen atoms in total. The van der Waals surface area contributed by atoms with Gasteiger partial charge in [0.25, 0.3) is 0 Å². The number of hydrogen-bond donors (Lipinski definition) is 1. The fraction of sp³-hybridized carbons (Fsp3) is 1.00. The first-order chi connectivity index (χ1) is 3.15. The van der Waals surface area contributed by atoms with Crippen LogP contribution in [-0.2, 0) is 14.7 Å². The molecule has 0 bridgehead atoms. The van der Waals surface area contributed by atoms with Crippen molar-refractivity contribution in [1.29, 1.82) is 0 Å². The Morgan fingerprint density at radius 2 is 1.14 bits per heavy atom. The Morgan fingerprint density at radius 1 is 1.14 bits per heavy atom. The average molecular weight is 199 g/mol. The number of hydrogen-bond acceptors (Lipinski definition) is 1. The van der Waals surface area contributed by atoms with Gasteiger partial charge in [0.1, 0.15) is 0 Å². The van der Waals surface area contributed by atoms with Gasteiger partial charge in [0, 0.05) is 0 Å². The standard InChI is InChI=1S/C2H7N.3ClH.Ti/c1-3-2;;;;/h3H,1-2H3;3*1H;/q;;;;+3/p-3. The molecule has 1 N–H and O–H groups in total. The van der Waals surface area contributed by atoms with Gasteiger partial charge in [-0.15, -0.1) is 0 Å². The third-order valence-corrected chi connectivity index (χ3v) is 0. The predicted molar refractivity (Wildman–Crippen MR) is 32.5 cm³/mol. The molecule has 0 amide bonds. The Hall–Kier alpha value is 1.54. The molecule has 0 saturated carbocycles. The van der Waals surface area contributed by atoms with Crippen molar-refractivity contribution in [3.8, 4) is 0 Å². The zero-order chi connectivity index (χ0) is 6.28. The second-order valence-corrected chi connectivity index (χ2v) is 8.45. The van der Waals surface area contributed by atoms with Crippen molar-refractivity contribution in [2.24, 2.45) is 0 Å². The van der Waals surface area contributed by atoms with Crippen LogP contribution in [0.4, 0.5) is 0 Å². The summed E-state index contributed by atoms with van der Waals surface area (Å²) >= 11 is -1.92. The fourth-order valence-corrected chi connectivity index (χ4v) is 0. The van der Waals surface area contributed by atoms with E-state index in [9.17, 15) is 0 Å². The van der Waals surface area contributed by atoms with Crippen molar-refractivity contribution < 1.29 is 14.7 Å². The van der Waals surface area contributed by atoms with Crippen LogP contribution in [0.2, 0.25) is 0 Å². The third-order valence-electron chi connectivity index (χ3n) is 0. The van der Waals surface area contributed by atoms with Crippen molar-refractivity contribution in [3.63, 3.8) is 0 Å². The van der Waals surface area contributed by atoms with E-state index in [1.165, 1.54) is 0 Å². The quantitative estimate of drug-likeness (QED) is 0.588. The van der Waals surface area contributed by atoms with E-state index in [4.69, 9.17) is 27.9 Å². The van der Waals surface area contributed by atoms with E-state index in [1.54, 1.807) is 0 Å². The molecule has 0 aromatic heterocycles. The van der Waals surface area contributed by atoms with Crippen LogP contribution in [0.1, 0.15) is 0 Å². The van der Waals surface area contributed by atoms with E-state index < -0.39 is 14.7 Å². The van der Waals surface area contributed by atoms with Crippen molar-refractivity contribution in [2.75, 3.05) is 14.1 Å². The van der Waals surface area contributed by atoms with Gasteiger partial charge in [0.05, 0.1) is 0 Å². The summed E-state index contributed by atoms with van der Waals surface area (Å²) in [4.78, 5) is 0. The molecule has 0 rings (SSSR count). The van der Waals surface area contributed by atoms with Gasteiger partial charge in [0.2, 0.25) is 0 Å². The topological polar surface area (TPSA) is 12.0 Å². The Kier molecular flexibility index (Phi) is 17.1. The van der Waals surface area contributed by atoms with Gasteiger partial charge < -0.3 is 5.32 Å². The molecule has 0 heterocycles. The van der Waals surface area contributed by atoms with E-state index in [1.807, 2.05) is 14.1 Å². The molecule has 0 atom stereocenters. The molecule has 0 spiro atoms. The third kappa shape index (κ3) is 97.2. The predicted octanol–water partition coefficient (Wildman–Crippen LogP) is 1.90. The molecule has 0 aliphatic rings. The molecule has 0 aliphatic heterocycles. The summed E-state index contributed by atoms with van der Waals surface area (Å²) in [6, 6.07) is 0. The van der Waals surface area contributed by atoms with Gasteiger partial charge in [-0.25, -0.2) is 0 Å². The molecule has 0 saturated heterocycles. The van der Waals surface area contributed by atoms with E-state index in [2.05, 4.69) is 5.32 Å². The van der Waals surface area contributed by atoms with Gasteiger partial charge in [-0.2, -0.15) is 0 Å². The number of halogens is 3. The molecular formula is C2H7Cl3NTi. The first-order valence-corrected chi connectivity index (χ1v) is 8.01. The minimum absolute atomic E-state index is 1.88. The molecule has 0 fully saturated rings. The van der Waals surface area contributed by atoms with Crippen LogP contribution in [0.3, 0.4) is 0 Å². The first kappa shape index (κ1) is 11.4. The fourth-order valence-electron chi connectivity index (χ4n) is 0. The SMILES string of the molecule is CNC.[Cl][Ti]([Cl])[Cl]. The Morgan fingerprint density at radius 3 is 1.14 bits per heavy atom. The van der Waals surface area contributed by atoms with Crippen LogP contribution in [0, 0.1) is 0 Å². The molecule has 0 radical (unpaired) electrons. The summed E-state index contributed by atoms with van der Waals surface area (Å²) in [5.74, 6) is 0. The van der Waals surface area contributed by atoms with E-state index >= 15 is 0 Å². The average Bonchev–Trinajstić information content (AvgIpc) is 1.33. The molecule has 45 valence electrons. The summed E-state index contributed by atoms with van der Waals surface area (Å²) < 4.78 is 0. The molecule has 7 heavy (non-hydrogen) atoms. The van der Waals surface area contributed by atoms with Crippen molar-refractivity contribution in [1.82, 2.24) is 5.32 Å². The van der Waals surface area contributed by atoms with E-state index in [-0.39, 0.29) is 0 Å². The molecule has 0 aliphatic carbocycles. The molecule has 0 aromatic carbocycles. The summed E-state index contributed by atoms with van der Waals surface area (Å²) in [6.45, 7) is 0. The van der Waals surface area contributed by atoms with Gasteiger partial charge in [0.15, 0.2) is 0 Å². The molecule has 5 heteroatoms. The zero-order valence-electron chi connectivity index (χ0n) is 4.13. The van der Waals surface area contributed by atoms with Crippen molar-refractivity contribution in [2.45, 2.75) is 0 Å². The molecular weight excluding hydrogens is 192 g/mol. The van der Waals surface area contributed by atoms with Gasteiger partial charge in [-0.3, -0.25) is 0 Å². The second-order valence-electron chi connectivity index (χ2n) is 0.714. The zero-order valence-corrected chi connectivity index (χ0v) is 7.96. The molecule has 0 aromatic rings. The van der Waals surface area contributed by atoms with Crippen LogP contribution in [-0.4, -0.2) is 14.1 Å². The van der Waals surface area contributed by atoms with Crippen LogP contribution in [0.5, 0.6) is 0 Å². The number of nitrogens with one attached hydrogen (secondary N) is 1. The van der Waals surface area contributed by atoms with Crippen LogP contribution < -0.4 is 5.32 Å². The maximum atomic E-state index is 4.97. The Bertz CT molecular complexity index is 24.1. The monoisotopic (exact) mass is 198 g/mol. The second kappa shape index (κ2) is 10.5. The van der Waals surface area contributed by atoms with Crippen LogP contribution in [0.15, 0.2) is 0 Å². The first-order valence-electron chi connectivity index (χ1n) is 1.57. The maximum absolute atomic E-state index is 4.97. The summed E-state index contributed by atoms with van der Waals surface area (Å²) in [5, 5.41) is 2.75. The van der Waals surface area contributed by atoms with Gasteiger partial charge in [-0.1, -0.05) is 0 Å². The van der Waals surface area contributed by atoms with E-state index in [0.29, 0.717) is 0 Å². The molecule has 0 unspecified atom stereocenters. The van der Waals surface area contributed by atoms with Crippen molar-refractivity contribution >= 4 is 27.9 Å². The van der Waals surface area contributed by atoms with E-state index in [0.717, 1.165) is 0 Å². The van der Waals surface area contributed by atoms with Gasteiger partial charge in [-0.05, 0) is 14.1 Å². The summed E-state index contributed by atoms with van der Waals surface area (Å²) in [5.41, 5.74) is 0.